The zero-order chi connectivity index (χ0) is 24.3. The third-order valence-electron chi connectivity index (χ3n) is 5.62. The lowest BCUT2D eigenvalue weighted by atomic mass is 10.1. The molecule has 35 heavy (non-hydrogen) atoms. The van der Waals surface area contributed by atoms with Gasteiger partial charge in [-0.2, -0.15) is 0 Å². The van der Waals surface area contributed by atoms with Gasteiger partial charge in [0.15, 0.2) is 0 Å². The van der Waals surface area contributed by atoms with Crippen LogP contribution in [-0.4, -0.2) is 29.2 Å². The predicted octanol–water partition coefficient (Wildman–Crippen LogP) is 6.02. The van der Waals surface area contributed by atoms with Crippen LogP contribution in [0.25, 0.3) is 22.0 Å². The van der Waals surface area contributed by atoms with Crippen LogP contribution in [0.4, 0.5) is 5.69 Å². The number of anilines is 1. The van der Waals surface area contributed by atoms with Gasteiger partial charge in [0, 0.05) is 11.1 Å². The summed E-state index contributed by atoms with van der Waals surface area (Å²) in [6, 6.07) is 35.6. The first-order valence-electron chi connectivity index (χ1n) is 11.1. The molecular weight excluding hydrogens is 471 g/mol. The molecule has 0 amide bonds. The third-order valence-corrected chi connectivity index (χ3v) is 9.14. The molecular formula is C28H22AlN2O3S. The van der Waals surface area contributed by atoms with Crippen LogP contribution < -0.4 is 7.08 Å². The lowest BCUT2D eigenvalue weighted by Crippen LogP contribution is -2.38. The molecule has 0 saturated carbocycles. The molecule has 1 radical (unpaired) electrons. The van der Waals surface area contributed by atoms with E-state index in [4.69, 9.17) is 3.79 Å². The Morgan fingerprint density at radius 1 is 0.714 bits per heavy atom. The second kappa shape index (κ2) is 9.93. The maximum Gasteiger partial charge on any atom is 0.730 e. The van der Waals surface area contributed by atoms with Crippen LogP contribution in [0.15, 0.2) is 120 Å². The monoisotopic (exact) mass is 493 g/mol. The zero-order valence-electron chi connectivity index (χ0n) is 19.1. The van der Waals surface area contributed by atoms with Crippen molar-refractivity contribution < 1.29 is 12.2 Å². The summed E-state index contributed by atoms with van der Waals surface area (Å²) in [6.45, 7) is 1.89. The van der Waals surface area contributed by atoms with Gasteiger partial charge in [0.25, 0.3) is 0 Å². The van der Waals surface area contributed by atoms with Gasteiger partial charge in [-0.1, -0.05) is 78.9 Å². The van der Waals surface area contributed by atoms with Gasteiger partial charge in [-0.3, -0.25) is 4.98 Å². The minimum absolute atomic E-state index is 0.209. The smallest absolute Gasteiger partial charge is 0.631 e. The first kappa shape index (κ1) is 23.1. The van der Waals surface area contributed by atoms with Gasteiger partial charge in [-0.25, -0.2) is 8.42 Å². The first-order chi connectivity index (χ1) is 17.0. The first-order valence-corrected chi connectivity index (χ1v) is 13.6. The molecule has 5 nitrogen and oxygen atoms in total. The number of hydrogen-bond acceptors (Lipinski definition) is 4. The normalized spacial score (nSPS) is 11.2. The molecule has 0 spiro atoms. The molecule has 0 bridgehead atoms. The van der Waals surface area contributed by atoms with Crippen molar-refractivity contribution in [1.29, 1.82) is 0 Å². The molecule has 0 atom stereocenters. The second-order valence-corrected chi connectivity index (χ2v) is 11.2. The lowest BCUT2D eigenvalue weighted by molar-refractivity contribution is 0.580. The summed E-state index contributed by atoms with van der Waals surface area (Å²) in [4.78, 5) is 4.86. The number of sulfonamides is 1. The Kier molecular flexibility index (Phi) is 6.56. The number of hydrogen-bond donors (Lipinski definition) is 0. The van der Waals surface area contributed by atoms with Crippen LogP contribution in [0, 0.1) is 6.92 Å². The highest BCUT2D eigenvalue weighted by Crippen LogP contribution is 2.30. The fourth-order valence-electron chi connectivity index (χ4n) is 3.82. The van der Waals surface area contributed by atoms with E-state index in [1.807, 2.05) is 85.8 Å². The number of fused-ring (bicyclic) bond motifs is 1. The summed E-state index contributed by atoms with van der Waals surface area (Å²) in [6.07, 6.45) is 0. The Balaban J connectivity index is 1.51. The van der Waals surface area contributed by atoms with Gasteiger partial charge in [-0.05, 0) is 54.4 Å². The molecule has 1 heterocycles. The van der Waals surface area contributed by atoms with Gasteiger partial charge in [0.2, 0.25) is 10.0 Å². The Bertz CT molecular complexity index is 1560. The Hall–Kier alpha value is -3.63. The fourth-order valence-corrected chi connectivity index (χ4v) is 6.60. The van der Waals surface area contributed by atoms with Crippen LogP contribution in [0.1, 0.15) is 5.69 Å². The van der Waals surface area contributed by atoms with E-state index in [0.717, 1.165) is 22.2 Å². The summed E-state index contributed by atoms with van der Waals surface area (Å²) in [5, 5.41) is 0.868. The van der Waals surface area contributed by atoms with E-state index in [-0.39, 0.29) is 4.90 Å². The van der Waals surface area contributed by atoms with E-state index in [9.17, 15) is 8.42 Å². The van der Waals surface area contributed by atoms with Crippen molar-refractivity contribution in [2.45, 2.75) is 11.8 Å². The Morgan fingerprint density at radius 3 is 2.09 bits per heavy atom. The molecule has 5 rings (SSSR count). The van der Waals surface area contributed by atoms with Crippen molar-refractivity contribution in [2.75, 3.05) is 3.29 Å². The molecule has 7 heteroatoms. The van der Waals surface area contributed by atoms with E-state index < -0.39 is 25.8 Å². The van der Waals surface area contributed by atoms with E-state index >= 15 is 0 Å². The second-order valence-electron chi connectivity index (χ2n) is 8.03. The van der Waals surface area contributed by atoms with Gasteiger partial charge in [0.1, 0.15) is 0 Å². The SMILES string of the molecule is Cc1ccc2cccc([N]([Al][O]c3ccc(-c4ccccc4)cc3)S(=O)(=O)c3ccccc3)c2n1. The standard InChI is InChI=1S/C16H13N2O2S.C12H10O.Al/c1-12-10-11-13-6-5-9-15(16(13)17-12)18-21(19,20)14-7-3-2-4-8-14;13-12-8-6-11(7-9-12)10-4-2-1-3-5-10;/h2-11H,1H3;1-9,13H;/q-1;;+2/p-1. The molecule has 0 aliphatic carbocycles. The topological polar surface area (TPSA) is 59.5 Å². The molecule has 0 unspecified atom stereocenters. The van der Waals surface area contributed by atoms with Gasteiger partial charge < -0.3 is 7.08 Å². The molecule has 0 aliphatic rings. The highest BCUT2D eigenvalue weighted by Gasteiger charge is 2.30. The van der Waals surface area contributed by atoms with E-state index in [2.05, 4.69) is 4.98 Å². The number of para-hydroxylation sites is 1. The highest BCUT2D eigenvalue weighted by atomic mass is 32.2. The van der Waals surface area contributed by atoms with Crippen molar-refractivity contribution in [1.82, 2.24) is 4.98 Å². The largest absolute Gasteiger partial charge is 0.730 e. The molecule has 0 N–H and O–H groups in total. The molecule has 5 aromatic rings. The van der Waals surface area contributed by atoms with Crippen molar-refractivity contribution >= 4 is 42.4 Å². The number of nitrogens with zero attached hydrogens (tertiary/aromatic N) is 2. The number of aromatic nitrogens is 1. The van der Waals surface area contributed by atoms with Crippen LogP contribution in [0.5, 0.6) is 5.75 Å². The van der Waals surface area contributed by atoms with Crippen molar-refractivity contribution in [3.8, 4) is 16.9 Å². The molecule has 171 valence electrons. The number of benzene rings is 4. The van der Waals surface area contributed by atoms with Crippen molar-refractivity contribution in [3.63, 3.8) is 0 Å². The van der Waals surface area contributed by atoms with Gasteiger partial charge in [-0.15, -0.1) is 0 Å². The van der Waals surface area contributed by atoms with Gasteiger partial charge >= 0.3 is 15.8 Å². The predicted molar refractivity (Wildman–Crippen MR) is 141 cm³/mol. The number of aryl methyl sites for hydroxylation is 1. The number of pyridine rings is 1. The van der Waals surface area contributed by atoms with Crippen LogP contribution in [0.2, 0.25) is 0 Å². The molecule has 0 aliphatic heterocycles. The van der Waals surface area contributed by atoms with E-state index in [1.165, 1.54) is 3.29 Å². The highest BCUT2D eigenvalue weighted by molar-refractivity contribution is 7.94. The Labute approximate surface area is 212 Å². The average Bonchev–Trinajstić information content (AvgIpc) is 2.90. The molecule has 0 saturated heterocycles. The molecule has 0 fully saturated rings. The number of rotatable bonds is 7. The van der Waals surface area contributed by atoms with E-state index in [0.29, 0.717) is 17.0 Å². The fraction of sp³-hybridized carbons (Fsp3) is 0.0357. The summed E-state index contributed by atoms with van der Waals surface area (Å²) < 4.78 is 35.0. The summed E-state index contributed by atoms with van der Waals surface area (Å²) >= 11 is -1.15. The summed E-state index contributed by atoms with van der Waals surface area (Å²) in [7, 11) is -3.87. The van der Waals surface area contributed by atoms with Crippen LogP contribution in [0.3, 0.4) is 0 Å². The van der Waals surface area contributed by atoms with E-state index in [1.54, 1.807) is 36.4 Å². The maximum absolute atomic E-state index is 13.8. The van der Waals surface area contributed by atoms with Gasteiger partial charge in [0.05, 0.1) is 21.8 Å². The summed E-state index contributed by atoms with van der Waals surface area (Å²) in [5.74, 6) is 0.609. The summed E-state index contributed by atoms with van der Waals surface area (Å²) in [5.41, 5.74) is 4.12. The van der Waals surface area contributed by atoms with Crippen LogP contribution in [-0.2, 0) is 10.0 Å². The minimum atomic E-state index is -3.87. The van der Waals surface area contributed by atoms with Crippen molar-refractivity contribution in [3.05, 3.63) is 121 Å². The average molecular weight is 494 g/mol. The maximum atomic E-state index is 13.8. The van der Waals surface area contributed by atoms with Crippen LogP contribution >= 0.6 is 0 Å². The zero-order valence-corrected chi connectivity index (χ0v) is 21.0. The van der Waals surface area contributed by atoms with Crippen molar-refractivity contribution in [2.24, 2.45) is 0 Å². The molecule has 4 aromatic carbocycles. The molecule has 1 aromatic heterocycles. The minimum Gasteiger partial charge on any atom is -0.631 e. The Morgan fingerprint density at radius 2 is 1.37 bits per heavy atom. The third kappa shape index (κ3) is 4.94. The lowest BCUT2D eigenvalue weighted by Gasteiger charge is -2.25. The quantitative estimate of drug-likeness (QED) is 0.260.